The van der Waals surface area contributed by atoms with E-state index >= 15 is 0 Å². The Kier molecular flexibility index (Phi) is 8.62. The summed E-state index contributed by atoms with van der Waals surface area (Å²) in [4.78, 5) is 12.6. The summed E-state index contributed by atoms with van der Waals surface area (Å²) in [6.45, 7) is 2.11. The maximum absolute atomic E-state index is 13.1. The van der Waals surface area contributed by atoms with E-state index in [1.807, 2.05) is 30.3 Å². The smallest absolute Gasteiger partial charge is 0.243 e. The lowest BCUT2D eigenvalue weighted by Crippen LogP contribution is -2.45. The molecule has 0 aromatic heterocycles. The van der Waals surface area contributed by atoms with Crippen LogP contribution in [0.1, 0.15) is 12.5 Å². The third kappa shape index (κ3) is 6.70. The molecule has 6 nitrogen and oxygen atoms in total. The number of nitrogens with one attached hydrogen (secondary N) is 1. The summed E-state index contributed by atoms with van der Waals surface area (Å²) < 4.78 is 33.3. The van der Waals surface area contributed by atoms with Crippen LogP contribution in [0.4, 0.5) is 0 Å². The minimum absolute atomic E-state index is 0.154. The van der Waals surface area contributed by atoms with Crippen molar-refractivity contribution >= 4 is 31.9 Å². The number of halogens is 1. The molecule has 0 saturated carbocycles. The Bertz CT molecular complexity index is 858. The normalized spacial score (nSPS) is 12.7. The molecule has 0 fully saturated rings. The van der Waals surface area contributed by atoms with Crippen molar-refractivity contribution in [3.05, 3.63) is 64.6 Å². The molecule has 0 aliphatic rings. The molecule has 2 aromatic carbocycles. The molecule has 2 rings (SSSR count). The van der Waals surface area contributed by atoms with E-state index < -0.39 is 10.0 Å². The van der Waals surface area contributed by atoms with Gasteiger partial charge in [0.15, 0.2) is 0 Å². The Hall–Kier alpha value is -1.74. The van der Waals surface area contributed by atoms with Crippen LogP contribution in [0.5, 0.6) is 0 Å². The highest BCUT2D eigenvalue weighted by atomic mass is 79.9. The van der Waals surface area contributed by atoms with Gasteiger partial charge in [0, 0.05) is 24.2 Å². The fraction of sp³-hybridized carbons (Fsp3) is 0.350. The van der Waals surface area contributed by atoms with Crippen molar-refractivity contribution in [3.63, 3.8) is 0 Å². The van der Waals surface area contributed by atoms with E-state index in [-0.39, 0.29) is 29.9 Å². The van der Waals surface area contributed by atoms with Gasteiger partial charge in [0.1, 0.15) is 0 Å². The van der Waals surface area contributed by atoms with Crippen molar-refractivity contribution in [1.82, 2.24) is 9.62 Å². The number of nitrogens with zero attached hydrogens (tertiary/aromatic N) is 1. The molecule has 0 unspecified atom stereocenters. The summed E-state index contributed by atoms with van der Waals surface area (Å²) in [5.74, 6) is -0.363. The van der Waals surface area contributed by atoms with Gasteiger partial charge >= 0.3 is 0 Å². The number of benzene rings is 2. The molecule has 0 heterocycles. The van der Waals surface area contributed by atoms with Gasteiger partial charge in [-0.3, -0.25) is 4.79 Å². The predicted octanol–water partition coefficient (Wildman–Crippen LogP) is 2.83. The highest BCUT2D eigenvalue weighted by Gasteiger charge is 2.26. The van der Waals surface area contributed by atoms with E-state index in [9.17, 15) is 13.2 Å². The largest absolute Gasteiger partial charge is 0.383 e. The highest BCUT2D eigenvalue weighted by Crippen LogP contribution is 2.19. The quantitative estimate of drug-likeness (QED) is 0.581. The van der Waals surface area contributed by atoms with Crippen LogP contribution in [0.15, 0.2) is 64.0 Å². The summed E-state index contributed by atoms with van der Waals surface area (Å²) in [5, 5.41) is 2.76. The Labute approximate surface area is 175 Å². The van der Waals surface area contributed by atoms with Crippen LogP contribution < -0.4 is 5.32 Å². The van der Waals surface area contributed by atoms with Crippen molar-refractivity contribution in [2.45, 2.75) is 24.3 Å². The Balaban J connectivity index is 2.19. The van der Waals surface area contributed by atoms with Crippen LogP contribution in [0.25, 0.3) is 0 Å². The number of methoxy groups -OCH3 is 1. The fourth-order valence-corrected chi connectivity index (χ4v) is 4.37. The summed E-state index contributed by atoms with van der Waals surface area (Å²) in [6, 6.07) is 15.8. The molecule has 0 aliphatic carbocycles. The first kappa shape index (κ1) is 22.5. The number of ether oxygens (including phenoxy) is 1. The lowest BCUT2D eigenvalue weighted by Gasteiger charge is -2.23. The number of amides is 1. The Morgan fingerprint density at radius 3 is 2.39 bits per heavy atom. The predicted molar refractivity (Wildman–Crippen MR) is 113 cm³/mol. The van der Waals surface area contributed by atoms with Gasteiger partial charge < -0.3 is 10.1 Å². The first-order valence-corrected chi connectivity index (χ1v) is 11.1. The SMILES string of the molecule is COC[C@H](C)NC(=O)CN(CCc1ccccc1)S(=O)(=O)c1ccc(Br)cc1. The van der Waals surface area contributed by atoms with Gasteiger partial charge in [0.05, 0.1) is 18.0 Å². The van der Waals surface area contributed by atoms with E-state index in [2.05, 4.69) is 21.2 Å². The average molecular weight is 469 g/mol. The van der Waals surface area contributed by atoms with E-state index in [4.69, 9.17) is 4.74 Å². The zero-order valence-electron chi connectivity index (χ0n) is 16.0. The van der Waals surface area contributed by atoms with Gasteiger partial charge in [-0.15, -0.1) is 0 Å². The first-order valence-electron chi connectivity index (χ1n) is 8.91. The van der Waals surface area contributed by atoms with Crippen molar-refractivity contribution in [1.29, 1.82) is 0 Å². The summed E-state index contributed by atoms with van der Waals surface area (Å²) in [7, 11) is -2.26. The van der Waals surface area contributed by atoms with Crippen LogP contribution in [-0.2, 0) is 26.0 Å². The molecule has 0 bridgehead atoms. The second-order valence-electron chi connectivity index (χ2n) is 6.45. The molecular formula is C20H25BrN2O4S. The van der Waals surface area contributed by atoms with Gasteiger partial charge in [-0.1, -0.05) is 46.3 Å². The fourth-order valence-electron chi connectivity index (χ4n) is 2.71. The van der Waals surface area contributed by atoms with Gasteiger partial charge in [0.25, 0.3) is 0 Å². The molecule has 0 radical (unpaired) electrons. The lowest BCUT2D eigenvalue weighted by atomic mass is 10.1. The van der Waals surface area contributed by atoms with Crippen LogP contribution in [0.2, 0.25) is 0 Å². The molecule has 1 N–H and O–H groups in total. The number of sulfonamides is 1. The van der Waals surface area contributed by atoms with Gasteiger partial charge in [-0.05, 0) is 43.2 Å². The molecule has 2 aromatic rings. The number of hydrogen-bond acceptors (Lipinski definition) is 4. The molecular weight excluding hydrogens is 444 g/mol. The molecule has 8 heteroatoms. The highest BCUT2D eigenvalue weighted by molar-refractivity contribution is 9.10. The van der Waals surface area contributed by atoms with Crippen LogP contribution in [0.3, 0.4) is 0 Å². The van der Waals surface area contributed by atoms with Gasteiger partial charge in [-0.25, -0.2) is 8.42 Å². The molecule has 1 amide bonds. The van der Waals surface area contributed by atoms with Crippen molar-refractivity contribution in [2.75, 3.05) is 26.8 Å². The molecule has 152 valence electrons. The zero-order chi connectivity index (χ0) is 20.6. The first-order chi connectivity index (χ1) is 13.3. The van der Waals surface area contributed by atoms with E-state index in [1.54, 1.807) is 26.2 Å². The minimum atomic E-state index is -3.81. The number of hydrogen-bond donors (Lipinski definition) is 1. The summed E-state index contributed by atoms with van der Waals surface area (Å²) >= 11 is 3.31. The number of carbonyl (C=O) groups excluding carboxylic acids is 1. The molecule has 0 saturated heterocycles. The van der Waals surface area contributed by atoms with Crippen LogP contribution in [-0.4, -0.2) is 51.5 Å². The maximum Gasteiger partial charge on any atom is 0.243 e. The van der Waals surface area contributed by atoms with Gasteiger partial charge in [0.2, 0.25) is 15.9 Å². The Morgan fingerprint density at radius 1 is 1.14 bits per heavy atom. The molecule has 0 aliphatic heterocycles. The molecule has 1 atom stereocenters. The standard InChI is InChI=1S/C20H25BrN2O4S/c1-16(15-27-2)22-20(24)14-23(13-12-17-6-4-3-5-7-17)28(25,26)19-10-8-18(21)9-11-19/h3-11,16H,12-15H2,1-2H3,(H,22,24)/t16-/m0/s1. The second-order valence-corrected chi connectivity index (χ2v) is 9.31. The monoisotopic (exact) mass is 468 g/mol. The van der Waals surface area contributed by atoms with Crippen LogP contribution in [0, 0.1) is 0 Å². The van der Waals surface area contributed by atoms with Gasteiger partial charge in [-0.2, -0.15) is 4.31 Å². The van der Waals surface area contributed by atoms with Crippen LogP contribution >= 0.6 is 15.9 Å². The topological polar surface area (TPSA) is 75.7 Å². The third-order valence-corrected chi connectivity index (χ3v) is 6.48. The van der Waals surface area contributed by atoms with E-state index in [0.29, 0.717) is 13.0 Å². The summed E-state index contributed by atoms with van der Waals surface area (Å²) in [6.07, 6.45) is 0.511. The lowest BCUT2D eigenvalue weighted by molar-refractivity contribution is -0.122. The Morgan fingerprint density at radius 2 is 1.79 bits per heavy atom. The average Bonchev–Trinajstić information content (AvgIpc) is 2.66. The zero-order valence-corrected chi connectivity index (χ0v) is 18.4. The third-order valence-electron chi connectivity index (χ3n) is 4.09. The number of carbonyl (C=O) groups is 1. The number of rotatable bonds is 10. The second kappa shape index (κ2) is 10.7. The van der Waals surface area contributed by atoms with Crippen molar-refractivity contribution < 1.29 is 17.9 Å². The van der Waals surface area contributed by atoms with Crippen molar-refractivity contribution in [3.8, 4) is 0 Å². The molecule has 28 heavy (non-hydrogen) atoms. The van der Waals surface area contributed by atoms with Crippen molar-refractivity contribution in [2.24, 2.45) is 0 Å². The van der Waals surface area contributed by atoms with E-state index in [1.165, 1.54) is 16.4 Å². The summed E-state index contributed by atoms with van der Waals surface area (Å²) in [5.41, 5.74) is 1.01. The minimum Gasteiger partial charge on any atom is -0.383 e. The van der Waals surface area contributed by atoms with E-state index in [0.717, 1.165) is 10.0 Å². The molecule has 0 spiro atoms. The maximum atomic E-state index is 13.1.